The lowest BCUT2D eigenvalue weighted by Gasteiger charge is -2.35. The number of rotatable bonds is 4. The third-order valence-corrected chi connectivity index (χ3v) is 5.42. The van der Waals surface area contributed by atoms with E-state index in [0.717, 1.165) is 55.1 Å². The molecule has 1 saturated heterocycles. The molecule has 1 fully saturated rings. The molecule has 1 aliphatic rings. The van der Waals surface area contributed by atoms with Crippen LogP contribution in [0, 0.1) is 6.92 Å². The van der Waals surface area contributed by atoms with Crippen molar-refractivity contribution in [3.8, 4) is 0 Å². The monoisotopic (exact) mass is 368 g/mol. The number of pyridine rings is 1. The van der Waals surface area contributed by atoms with Crippen LogP contribution in [-0.4, -0.2) is 48.5 Å². The molecule has 0 aromatic carbocycles. The lowest BCUT2D eigenvalue weighted by Crippen LogP contribution is -2.36. The second-order valence-corrected chi connectivity index (χ2v) is 7.09. The van der Waals surface area contributed by atoms with Crippen LogP contribution in [0.3, 0.4) is 0 Å². The molecular formula is C19H24N6O2. The number of carbonyl (C=O) groups is 1. The Bertz CT molecular complexity index is 1010. The van der Waals surface area contributed by atoms with Gasteiger partial charge in [-0.2, -0.15) is 5.10 Å². The Balaban J connectivity index is 1.81. The molecule has 27 heavy (non-hydrogen) atoms. The van der Waals surface area contributed by atoms with Crippen molar-refractivity contribution in [3.05, 3.63) is 35.7 Å². The van der Waals surface area contributed by atoms with Gasteiger partial charge in [-0.15, -0.1) is 0 Å². The predicted octanol–water partition coefficient (Wildman–Crippen LogP) is 2.58. The number of nitrogens with zero attached hydrogens (tertiary/aromatic N) is 6. The molecule has 0 radical (unpaired) electrons. The maximum absolute atomic E-state index is 11.9. The summed E-state index contributed by atoms with van der Waals surface area (Å²) in [6.45, 7) is 6.46. The highest BCUT2D eigenvalue weighted by atomic mass is 16.4. The number of carboxylic acid groups (broad SMARTS) is 1. The summed E-state index contributed by atoms with van der Waals surface area (Å²) < 4.78 is 3.88. The van der Waals surface area contributed by atoms with Gasteiger partial charge in [0.05, 0.1) is 16.8 Å². The van der Waals surface area contributed by atoms with Crippen LogP contribution < -0.4 is 4.90 Å². The van der Waals surface area contributed by atoms with E-state index in [-0.39, 0.29) is 11.5 Å². The second kappa shape index (κ2) is 6.68. The van der Waals surface area contributed by atoms with Crippen molar-refractivity contribution in [2.24, 2.45) is 7.05 Å². The molecule has 4 heterocycles. The number of aromatic carboxylic acids is 1. The molecule has 0 bridgehead atoms. The van der Waals surface area contributed by atoms with Gasteiger partial charge < -0.3 is 14.6 Å². The molecule has 142 valence electrons. The standard InChI is InChI=1S/C19H24N6O2/c1-4-24-9-7-20-17(24)13-6-5-8-25(11-13)16-14(19(26)27)10-21-18-15(16)12(2)22-23(18)3/h7,9-10,13H,4-6,8,11H2,1-3H3,(H,26,27)/t13-/m1/s1. The van der Waals surface area contributed by atoms with Crippen LogP contribution in [-0.2, 0) is 13.6 Å². The smallest absolute Gasteiger partial charge is 0.339 e. The molecule has 8 heteroatoms. The number of hydrogen-bond acceptors (Lipinski definition) is 5. The highest BCUT2D eigenvalue weighted by Crippen LogP contribution is 2.36. The van der Waals surface area contributed by atoms with Gasteiger partial charge in [0.2, 0.25) is 0 Å². The molecular weight excluding hydrogens is 344 g/mol. The fourth-order valence-corrected chi connectivity index (χ4v) is 4.22. The summed E-state index contributed by atoms with van der Waals surface area (Å²) in [6.07, 6.45) is 7.35. The SMILES string of the molecule is CCn1ccnc1[C@@H]1CCCN(c2c(C(=O)O)cnc3c2c(C)nn3C)C1. The summed E-state index contributed by atoms with van der Waals surface area (Å²) in [7, 11) is 1.84. The van der Waals surface area contributed by atoms with Gasteiger partial charge in [-0.05, 0) is 26.7 Å². The Labute approximate surface area is 157 Å². The van der Waals surface area contributed by atoms with Gasteiger partial charge in [0.15, 0.2) is 5.65 Å². The highest BCUT2D eigenvalue weighted by molar-refractivity contribution is 6.04. The van der Waals surface area contributed by atoms with Crippen molar-refractivity contribution < 1.29 is 9.90 Å². The van der Waals surface area contributed by atoms with Crippen molar-refractivity contribution in [2.75, 3.05) is 18.0 Å². The number of hydrogen-bond donors (Lipinski definition) is 1. The Kier molecular flexibility index (Phi) is 4.33. The summed E-state index contributed by atoms with van der Waals surface area (Å²) in [5, 5.41) is 15.1. The van der Waals surface area contributed by atoms with Crippen LogP contribution in [0.15, 0.2) is 18.6 Å². The number of imidazole rings is 1. The summed E-state index contributed by atoms with van der Waals surface area (Å²) >= 11 is 0. The quantitative estimate of drug-likeness (QED) is 0.761. The summed E-state index contributed by atoms with van der Waals surface area (Å²) in [5.41, 5.74) is 2.48. The molecule has 1 aliphatic heterocycles. The first-order valence-corrected chi connectivity index (χ1v) is 9.32. The van der Waals surface area contributed by atoms with Crippen molar-refractivity contribution >= 4 is 22.7 Å². The van der Waals surface area contributed by atoms with E-state index in [9.17, 15) is 9.90 Å². The first kappa shape index (κ1) is 17.5. The van der Waals surface area contributed by atoms with Gasteiger partial charge in [-0.25, -0.2) is 14.8 Å². The van der Waals surface area contributed by atoms with Crippen molar-refractivity contribution in [1.29, 1.82) is 0 Å². The molecule has 0 aliphatic carbocycles. The Morgan fingerprint density at radius 3 is 2.93 bits per heavy atom. The minimum absolute atomic E-state index is 0.234. The molecule has 0 saturated carbocycles. The number of carboxylic acids is 1. The molecule has 8 nitrogen and oxygen atoms in total. The second-order valence-electron chi connectivity index (χ2n) is 7.09. The largest absolute Gasteiger partial charge is 0.478 e. The van der Waals surface area contributed by atoms with E-state index in [4.69, 9.17) is 0 Å². The number of aryl methyl sites for hydroxylation is 3. The summed E-state index contributed by atoms with van der Waals surface area (Å²) in [5.74, 6) is 0.391. The molecule has 0 spiro atoms. The lowest BCUT2D eigenvalue weighted by atomic mass is 9.95. The van der Waals surface area contributed by atoms with Crippen molar-refractivity contribution in [1.82, 2.24) is 24.3 Å². The Hall–Kier alpha value is -2.90. The van der Waals surface area contributed by atoms with Gasteiger partial charge in [0, 0.05) is 51.2 Å². The lowest BCUT2D eigenvalue weighted by molar-refractivity contribution is 0.0697. The highest BCUT2D eigenvalue weighted by Gasteiger charge is 2.30. The average molecular weight is 368 g/mol. The van der Waals surface area contributed by atoms with Crippen LogP contribution in [0.2, 0.25) is 0 Å². The number of piperidine rings is 1. The number of anilines is 1. The number of aromatic nitrogens is 5. The van der Waals surface area contributed by atoms with E-state index >= 15 is 0 Å². The van der Waals surface area contributed by atoms with E-state index in [2.05, 4.69) is 31.5 Å². The fourth-order valence-electron chi connectivity index (χ4n) is 4.22. The van der Waals surface area contributed by atoms with Gasteiger partial charge in [0.1, 0.15) is 11.4 Å². The fraction of sp³-hybridized carbons (Fsp3) is 0.474. The van der Waals surface area contributed by atoms with E-state index in [1.807, 2.05) is 26.4 Å². The van der Waals surface area contributed by atoms with Crippen LogP contribution in [0.25, 0.3) is 11.0 Å². The molecule has 1 atom stereocenters. The van der Waals surface area contributed by atoms with E-state index in [1.165, 1.54) is 6.20 Å². The van der Waals surface area contributed by atoms with Crippen molar-refractivity contribution in [2.45, 2.75) is 39.2 Å². The summed E-state index contributed by atoms with van der Waals surface area (Å²) in [4.78, 5) is 23.0. The first-order valence-electron chi connectivity index (χ1n) is 9.32. The normalized spacial score (nSPS) is 17.6. The third-order valence-electron chi connectivity index (χ3n) is 5.42. The first-order chi connectivity index (χ1) is 13.0. The number of fused-ring (bicyclic) bond motifs is 1. The van der Waals surface area contributed by atoms with Gasteiger partial charge >= 0.3 is 5.97 Å². The van der Waals surface area contributed by atoms with Gasteiger partial charge in [0.25, 0.3) is 0 Å². The summed E-state index contributed by atoms with van der Waals surface area (Å²) in [6, 6.07) is 0. The zero-order valence-corrected chi connectivity index (χ0v) is 15.9. The Morgan fingerprint density at radius 2 is 2.19 bits per heavy atom. The third kappa shape index (κ3) is 2.85. The Morgan fingerprint density at radius 1 is 1.37 bits per heavy atom. The minimum Gasteiger partial charge on any atom is -0.478 e. The van der Waals surface area contributed by atoms with Gasteiger partial charge in [-0.3, -0.25) is 4.68 Å². The van der Waals surface area contributed by atoms with Crippen molar-refractivity contribution in [3.63, 3.8) is 0 Å². The van der Waals surface area contributed by atoms with E-state index in [0.29, 0.717) is 5.65 Å². The topological polar surface area (TPSA) is 89.1 Å². The molecule has 0 amide bonds. The van der Waals surface area contributed by atoms with Crippen LogP contribution in [0.5, 0.6) is 0 Å². The van der Waals surface area contributed by atoms with Gasteiger partial charge in [-0.1, -0.05) is 0 Å². The molecule has 4 rings (SSSR count). The molecule has 0 unspecified atom stereocenters. The van der Waals surface area contributed by atoms with Crippen LogP contribution >= 0.6 is 0 Å². The predicted molar refractivity (Wildman–Crippen MR) is 102 cm³/mol. The van der Waals surface area contributed by atoms with Crippen LogP contribution in [0.1, 0.15) is 47.6 Å². The van der Waals surface area contributed by atoms with E-state index < -0.39 is 5.97 Å². The maximum Gasteiger partial charge on any atom is 0.339 e. The zero-order chi connectivity index (χ0) is 19.1. The molecule has 1 N–H and O–H groups in total. The molecule has 3 aromatic heterocycles. The molecule has 3 aromatic rings. The van der Waals surface area contributed by atoms with Crippen LogP contribution in [0.4, 0.5) is 5.69 Å². The maximum atomic E-state index is 11.9. The average Bonchev–Trinajstić information content (AvgIpc) is 3.25. The minimum atomic E-state index is -0.958. The zero-order valence-electron chi connectivity index (χ0n) is 15.9. The van der Waals surface area contributed by atoms with E-state index in [1.54, 1.807) is 4.68 Å².